The minimum absolute atomic E-state index is 0.0906. The van der Waals surface area contributed by atoms with Gasteiger partial charge in [-0.1, -0.05) is 6.42 Å². The zero-order chi connectivity index (χ0) is 18.8. The molecule has 0 unspecified atom stereocenters. The first-order valence-electron chi connectivity index (χ1n) is 8.39. The van der Waals surface area contributed by atoms with Gasteiger partial charge in [-0.2, -0.15) is 19.9 Å². The van der Waals surface area contributed by atoms with Crippen LogP contribution in [-0.2, 0) is 26.6 Å². The van der Waals surface area contributed by atoms with Crippen LogP contribution in [0.25, 0.3) is 0 Å². The summed E-state index contributed by atoms with van der Waals surface area (Å²) >= 11 is 1.51. The molecule has 142 valence electrons. The van der Waals surface area contributed by atoms with E-state index >= 15 is 0 Å². The van der Waals surface area contributed by atoms with Gasteiger partial charge < -0.3 is 0 Å². The van der Waals surface area contributed by atoms with Crippen molar-refractivity contribution in [3.63, 3.8) is 0 Å². The predicted octanol–water partition coefficient (Wildman–Crippen LogP) is 2.74. The van der Waals surface area contributed by atoms with Gasteiger partial charge in [0.15, 0.2) is 0 Å². The van der Waals surface area contributed by atoms with E-state index in [4.69, 9.17) is 0 Å². The molecule has 2 aromatic rings. The van der Waals surface area contributed by atoms with E-state index in [0.29, 0.717) is 13.1 Å². The molecule has 0 saturated carbocycles. The Labute approximate surface area is 159 Å². The Morgan fingerprint density at radius 1 is 0.962 bits per heavy atom. The summed E-state index contributed by atoms with van der Waals surface area (Å²) in [6.45, 7) is 1.32. The minimum Gasteiger partial charge on any atom is -0.207 e. The van der Waals surface area contributed by atoms with E-state index in [9.17, 15) is 16.8 Å². The number of rotatable bonds is 6. The minimum atomic E-state index is -3.67. The number of hydrogen-bond acceptors (Lipinski definition) is 5. The van der Waals surface area contributed by atoms with Crippen molar-refractivity contribution >= 4 is 31.4 Å². The molecule has 1 aromatic heterocycles. The summed E-state index contributed by atoms with van der Waals surface area (Å²) in [4.78, 5) is 0.228. The van der Waals surface area contributed by atoms with Crippen LogP contribution in [0.5, 0.6) is 0 Å². The van der Waals surface area contributed by atoms with Gasteiger partial charge in [-0.15, -0.1) is 0 Å². The van der Waals surface area contributed by atoms with Crippen molar-refractivity contribution < 1.29 is 16.8 Å². The summed E-state index contributed by atoms with van der Waals surface area (Å²) in [6.07, 6.45) is 2.76. The maximum Gasteiger partial charge on any atom is 0.243 e. The highest BCUT2D eigenvalue weighted by Crippen LogP contribution is 2.23. The van der Waals surface area contributed by atoms with Crippen LogP contribution in [0.2, 0.25) is 0 Å². The fraction of sp³-hybridized carbons (Fsp3) is 0.412. The lowest BCUT2D eigenvalue weighted by molar-refractivity contribution is 0.346. The first kappa shape index (κ1) is 19.5. The molecule has 1 aliphatic heterocycles. The normalized spacial score (nSPS) is 16.8. The Balaban J connectivity index is 1.80. The zero-order valence-corrected chi connectivity index (χ0v) is 17.0. The molecular formula is C17H22N2O4S3. The van der Waals surface area contributed by atoms with Gasteiger partial charge >= 0.3 is 0 Å². The highest BCUT2D eigenvalue weighted by atomic mass is 32.2. The highest BCUT2D eigenvalue weighted by Gasteiger charge is 2.27. The number of nitrogens with zero attached hydrogens (tertiary/aromatic N) is 2. The fourth-order valence-corrected chi connectivity index (χ4v) is 6.28. The molecule has 1 saturated heterocycles. The van der Waals surface area contributed by atoms with Crippen LogP contribution in [0.4, 0.5) is 0 Å². The Bertz CT molecular complexity index is 930. The summed E-state index contributed by atoms with van der Waals surface area (Å²) in [6, 6.07) is 7.39. The molecule has 0 bridgehead atoms. The third kappa shape index (κ3) is 4.01. The predicted molar refractivity (Wildman–Crippen MR) is 102 cm³/mol. The van der Waals surface area contributed by atoms with E-state index in [0.717, 1.165) is 24.8 Å². The zero-order valence-electron chi connectivity index (χ0n) is 14.5. The summed E-state index contributed by atoms with van der Waals surface area (Å²) in [5.74, 6) is 0. The molecule has 9 heteroatoms. The molecule has 1 aromatic carbocycles. The smallest absolute Gasteiger partial charge is 0.207 e. The van der Waals surface area contributed by atoms with Crippen molar-refractivity contribution in [1.82, 2.24) is 8.61 Å². The maximum atomic E-state index is 12.7. The second-order valence-electron chi connectivity index (χ2n) is 6.33. The van der Waals surface area contributed by atoms with Crippen molar-refractivity contribution in [2.45, 2.75) is 35.6 Å². The second-order valence-corrected chi connectivity index (χ2v) is 11.1. The first-order chi connectivity index (χ1) is 12.3. The summed E-state index contributed by atoms with van der Waals surface area (Å²) in [5.41, 5.74) is 0.922. The lowest BCUT2D eigenvalue weighted by Gasteiger charge is -2.26. The average molecular weight is 415 g/mol. The first-order valence-corrected chi connectivity index (χ1v) is 12.2. The standard InChI is InChI=1S/C17H22N2O4S3/c1-18(13-15-9-12-24-14-15)25(20,21)16-5-7-17(8-6-16)26(22,23)19-10-3-2-4-11-19/h5-9,12,14H,2-4,10-11,13H2,1H3. The van der Waals surface area contributed by atoms with Crippen LogP contribution >= 0.6 is 11.3 Å². The molecule has 0 amide bonds. The summed E-state index contributed by atoms with van der Waals surface area (Å²) in [7, 11) is -5.71. The number of benzene rings is 1. The number of piperidine rings is 1. The van der Waals surface area contributed by atoms with Crippen molar-refractivity contribution in [1.29, 1.82) is 0 Å². The fourth-order valence-electron chi connectivity index (χ4n) is 2.94. The largest absolute Gasteiger partial charge is 0.243 e. The topological polar surface area (TPSA) is 74.8 Å². The number of hydrogen-bond donors (Lipinski definition) is 0. The van der Waals surface area contributed by atoms with Gasteiger partial charge in [0.2, 0.25) is 20.0 Å². The molecule has 0 N–H and O–H groups in total. The van der Waals surface area contributed by atoms with Gasteiger partial charge in [-0.05, 0) is 59.5 Å². The van der Waals surface area contributed by atoms with Crippen molar-refractivity contribution in [3.05, 3.63) is 46.7 Å². The Hall–Kier alpha value is -1.26. The average Bonchev–Trinajstić information content (AvgIpc) is 3.15. The second kappa shape index (κ2) is 7.77. The van der Waals surface area contributed by atoms with Crippen LogP contribution in [0.1, 0.15) is 24.8 Å². The van der Waals surface area contributed by atoms with Crippen LogP contribution in [0.3, 0.4) is 0 Å². The highest BCUT2D eigenvalue weighted by molar-refractivity contribution is 7.89. The SMILES string of the molecule is CN(Cc1ccsc1)S(=O)(=O)c1ccc(S(=O)(=O)N2CCCCC2)cc1. The van der Waals surface area contributed by atoms with Crippen molar-refractivity contribution in [2.24, 2.45) is 0 Å². The van der Waals surface area contributed by atoms with Crippen molar-refractivity contribution in [3.8, 4) is 0 Å². The number of thiophene rings is 1. The Morgan fingerprint density at radius 3 is 2.15 bits per heavy atom. The van der Waals surface area contributed by atoms with Gasteiger partial charge in [0.1, 0.15) is 0 Å². The summed E-state index contributed by atoms with van der Waals surface area (Å²) < 4.78 is 53.4. The van der Waals surface area contributed by atoms with E-state index in [-0.39, 0.29) is 16.3 Å². The van der Waals surface area contributed by atoms with E-state index in [1.165, 1.54) is 51.3 Å². The number of sulfonamides is 2. The molecule has 0 aliphatic carbocycles. The van der Waals surface area contributed by atoms with E-state index in [2.05, 4.69) is 0 Å². The van der Waals surface area contributed by atoms with Crippen LogP contribution < -0.4 is 0 Å². The Morgan fingerprint density at radius 2 is 1.58 bits per heavy atom. The molecule has 1 fully saturated rings. The lowest BCUT2D eigenvalue weighted by atomic mass is 10.2. The molecule has 3 rings (SSSR count). The van der Waals surface area contributed by atoms with Gasteiger partial charge in [0.25, 0.3) is 0 Å². The third-order valence-corrected chi connectivity index (χ3v) is 8.93. The molecule has 1 aliphatic rings. The van der Waals surface area contributed by atoms with Crippen LogP contribution in [0, 0.1) is 0 Å². The van der Waals surface area contributed by atoms with E-state index < -0.39 is 20.0 Å². The molecule has 0 radical (unpaired) electrons. The van der Waals surface area contributed by atoms with Gasteiger partial charge in [-0.3, -0.25) is 0 Å². The van der Waals surface area contributed by atoms with Gasteiger partial charge in [0, 0.05) is 26.7 Å². The maximum absolute atomic E-state index is 12.7. The summed E-state index contributed by atoms with van der Waals surface area (Å²) in [5, 5.41) is 3.80. The van der Waals surface area contributed by atoms with E-state index in [1.54, 1.807) is 0 Å². The molecule has 0 atom stereocenters. The molecular weight excluding hydrogens is 392 g/mol. The molecule has 2 heterocycles. The lowest BCUT2D eigenvalue weighted by Crippen LogP contribution is -2.35. The molecule has 26 heavy (non-hydrogen) atoms. The van der Waals surface area contributed by atoms with E-state index in [1.807, 2.05) is 16.8 Å². The monoisotopic (exact) mass is 414 g/mol. The Kier molecular flexibility index (Phi) is 5.83. The van der Waals surface area contributed by atoms with Gasteiger partial charge in [0.05, 0.1) is 9.79 Å². The van der Waals surface area contributed by atoms with Gasteiger partial charge in [-0.25, -0.2) is 16.8 Å². The van der Waals surface area contributed by atoms with Crippen LogP contribution in [-0.4, -0.2) is 45.6 Å². The quantitative estimate of drug-likeness (QED) is 0.728. The molecule has 0 spiro atoms. The molecule has 6 nitrogen and oxygen atoms in total. The third-order valence-electron chi connectivity index (χ3n) is 4.47. The van der Waals surface area contributed by atoms with Crippen LogP contribution in [0.15, 0.2) is 50.9 Å². The van der Waals surface area contributed by atoms with Crippen molar-refractivity contribution in [2.75, 3.05) is 20.1 Å².